The molecular formula is C12H16FKN2O2. The SMILES string of the molecule is [CH-]=C(N)C(=O)/C(OC1CCC(F)C1)=C(/C)C=N.[K+]. The van der Waals surface area contributed by atoms with Crippen LogP contribution in [0, 0.1) is 12.0 Å². The standard InChI is InChI=1S/C12H16FN2O2.K/c1-7(6-14)12(11(16)8(2)15)17-10-4-3-9(13)5-10;/h2,6,9-10,14H,3-5,15H2,1H3;/q-1;+1/b12-7+,14-6?;. The Bertz CT molecular complexity index is 382. The van der Waals surface area contributed by atoms with Gasteiger partial charge in [-0.05, 0) is 25.3 Å². The second-order valence-electron chi connectivity index (χ2n) is 4.09. The van der Waals surface area contributed by atoms with Crippen LogP contribution in [0.25, 0.3) is 0 Å². The minimum Gasteiger partial charge on any atom is -0.505 e. The molecule has 1 aliphatic carbocycles. The molecule has 3 N–H and O–H groups in total. The van der Waals surface area contributed by atoms with Crippen molar-refractivity contribution in [2.75, 3.05) is 0 Å². The van der Waals surface area contributed by atoms with Gasteiger partial charge in [-0.15, -0.1) is 0 Å². The topological polar surface area (TPSA) is 76.2 Å². The first-order valence-electron chi connectivity index (χ1n) is 5.40. The van der Waals surface area contributed by atoms with Crippen LogP contribution in [0.15, 0.2) is 17.0 Å². The van der Waals surface area contributed by atoms with Gasteiger partial charge in [0.25, 0.3) is 0 Å². The van der Waals surface area contributed by atoms with Gasteiger partial charge in [0.15, 0.2) is 0 Å². The number of nitrogens with one attached hydrogen (secondary N) is 1. The van der Waals surface area contributed by atoms with E-state index in [1.807, 2.05) is 0 Å². The molecule has 2 unspecified atom stereocenters. The van der Waals surface area contributed by atoms with Crippen molar-refractivity contribution in [3.63, 3.8) is 0 Å². The molecule has 2 atom stereocenters. The number of hydrogen-bond donors (Lipinski definition) is 2. The molecule has 6 heteroatoms. The molecule has 1 rings (SSSR count). The summed E-state index contributed by atoms with van der Waals surface area (Å²) in [6.45, 7) is 6.76. The van der Waals surface area contributed by atoms with E-state index in [0.29, 0.717) is 18.4 Å². The van der Waals surface area contributed by atoms with Crippen molar-refractivity contribution in [3.05, 3.63) is 23.6 Å². The summed E-state index contributed by atoms with van der Waals surface area (Å²) >= 11 is 0. The molecule has 0 radical (unpaired) electrons. The summed E-state index contributed by atoms with van der Waals surface area (Å²) in [4.78, 5) is 11.6. The molecule has 0 saturated heterocycles. The third-order valence-corrected chi connectivity index (χ3v) is 2.65. The molecule has 0 aromatic heterocycles. The fourth-order valence-electron chi connectivity index (χ4n) is 1.68. The van der Waals surface area contributed by atoms with Crippen molar-refractivity contribution in [1.29, 1.82) is 5.41 Å². The first kappa shape index (κ1) is 18.0. The molecule has 0 aromatic rings. The Morgan fingerprint density at radius 2 is 2.17 bits per heavy atom. The van der Waals surface area contributed by atoms with E-state index in [-0.39, 0.29) is 69.7 Å². The molecule has 0 heterocycles. The van der Waals surface area contributed by atoms with E-state index in [0.717, 1.165) is 6.21 Å². The minimum absolute atomic E-state index is 0. The van der Waals surface area contributed by atoms with Crippen LogP contribution < -0.4 is 57.1 Å². The van der Waals surface area contributed by atoms with Crippen molar-refractivity contribution >= 4 is 12.0 Å². The quantitative estimate of drug-likeness (QED) is 0.215. The number of Topliss-reactive ketones (excluding diaryl/α,β-unsaturated/α-hetero) is 1. The second-order valence-corrected chi connectivity index (χ2v) is 4.09. The van der Waals surface area contributed by atoms with Crippen LogP contribution in [0.1, 0.15) is 26.2 Å². The van der Waals surface area contributed by atoms with Crippen LogP contribution in [-0.2, 0) is 9.53 Å². The number of allylic oxidation sites excluding steroid dienone is 1. The summed E-state index contributed by atoms with van der Waals surface area (Å²) in [7, 11) is 0. The van der Waals surface area contributed by atoms with Crippen LogP contribution in [0.4, 0.5) is 4.39 Å². The molecule has 4 nitrogen and oxygen atoms in total. The van der Waals surface area contributed by atoms with Crippen LogP contribution in [0.5, 0.6) is 0 Å². The molecule has 0 bridgehead atoms. The fourth-order valence-corrected chi connectivity index (χ4v) is 1.68. The van der Waals surface area contributed by atoms with E-state index >= 15 is 0 Å². The molecule has 0 spiro atoms. The molecule has 1 aliphatic rings. The molecule has 18 heavy (non-hydrogen) atoms. The van der Waals surface area contributed by atoms with Gasteiger partial charge >= 0.3 is 51.4 Å². The average Bonchev–Trinajstić information content (AvgIpc) is 2.69. The van der Waals surface area contributed by atoms with Crippen molar-refractivity contribution in [3.8, 4) is 0 Å². The van der Waals surface area contributed by atoms with Gasteiger partial charge in [0, 0.05) is 12.6 Å². The summed E-state index contributed by atoms with van der Waals surface area (Å²) in [5, 5.41) is 7.11. The number of ketones is 1. The minimum atomic E-state index is -0.893. The number of rotatable bonds is 5. The summed E-state index contributed by atoms with van der Waals surface area (Å²) < 4.78 is 18.4. The van der Waals surface area contributed by atoms with Crippen molar-refractivity contribution < 1.29 is 65.3 Å². The number of alkyl halides is 1. The van der Waals surface area contributed by atoms with Crippen LogP contribution in [-0.4, -0.2) is 24.3 Å². The second kappa shape index (κ2) is 8.22. The van der Waals surface area contributed by atoms with Gasteiger partial charge in [-0.25, -0.2) is 4.39 Å². The maximum Gasteiger partial charge on any atom is 1.00 e. The van der Waals surface area contributed by atoms with Crippen molar-refractivity contribution in [2.24, 2.45) is 5.73 Å². The number of nitrogens with two attached hydrogens (primary N) is 1. The zero-order chi connectivity index (χ0) is 13.0. The molecule has 1 saturated carbocycles. The zero-order valence-electron chi connectivity index (χ0n) is 10.7. The normalized spacial score (nSPS) is 23.7. The summed E-state index contributed by atoms with van der Waals surface area (Å²) in [6, 6.07) is 0. The summed E-state index contributed by atoms with van der Waals surface area (Å²) in [5.41, 5.74) is 5.14. The first-order valence-corrected chi connectivity index (χ1v) is 5.40. The molecule has 94 valence electrons. The van der Waals surface area contributed by atoms with E-state index in [1.165, 1.54) is 0 Å². The average molecular weight is 278 g/mol. The number of halogens is 1. The third-order valence-electron chi connectivity index (χ3n) is 2.65. The van der Waals surface area contributed by atoms with Gasteiger partial charge in [0.05, 0.1) is 17.6 Å². The Morgan fingerprint density at radius 1 is 1.56 bits per heavy atom. The molecule has 0 aromatic carbocycles. The van der Waals surface area contributed by atoms with Crippen molar-refractivity contribution in [2.45, 2.75) is 38.5 Å². The predicted molar refractivity (Wildman–Crippen MR) is 62.1 cm³/mol. The summed E-state index contributed by atoms with van der Waals surface area (Å²) in [6.07, 6.45) is 0.977. The molecular weight excluding hydrogens is 262 g/mol. The Hall–Kier alpha value is -0.0136. The van der Waals surface area contributed by atoms with Crippen LogP contribution in [0.3, 0.4) is 0 Å². The van der Waals surface area contributed by atoms with Gasteiger partial charge in [-0.3, -0.25) is 6.58 Å². The van der Waals surface area contributed by atoms with Crippen LogP contribution in [0.2, 0.25) is 0 Å². The molecule has 0 amide bonds. The zero-order valence-corrected chi connectivity index (χ0v) is 13.8. The van der Waals surface area contributed by atoms with Crippen molar-refractivity contribution in [1.82, 2.24) is 0 Å². The predicted octanol–water partition coefficient (Wildman–Crippen LogP) is -1.33. The van der Waals surface area contributed by atoms with Gasteiger partial charge in [-0.1, -0.05) is 5.70 Å². The largest absolute Gasteiger partial charge is 1.00 e. The Balaban J connectivity index is 0.00000289. The smallest absolute Gasteiger partial charge is 0.505 e. The van der Waals surface area contributed by atoms with E-state index in [9.17, 15) is 9.18 Å². The third kappa shape index (κ3) is 4.93. The molecule has 1 fully saturated rings. The fraction of sp³-hybridized carbons (Fsp3) is 0.500. The van der Waals surface area contributed by atoms with E-state index in [4.69, 9.17) is 22.5 Å². The van der Waals surface area contributed by atoms with Gasteiger partial charge < -0.3 is 20.7 Å². The number of carbonyl (C=O) groups is 1. The Labute approximate surface area is 149 Å². The van der Waals surface area contributed by atoms with Crippen LogP contribution >= 0.6 is 0 Å². The number of carbonyl (C=O) groups excluding carboxylic acids is 1. The van der Waals surface area contributed by atoms with E-state index < -0.39 is 17.7 Å². The molecule has 0 aliphatic heterocycles. The van der Waals surface area contributed by atoms with E-state index in [2.05, 4.69) is 0 Å². The Kier molecular flexibility index (Phi) is 8.21. The monoisotopic (exact) mass is 278 g/mol. The first-order chi connectivity index (χ1) is 7.95. The number of hydrogen-bond acceptors (Lipinski definition) is 4. The van der Waals surface area contributed by atoms with Gasteiger partial charge in [0.2, 0.25) is 0 Å². The van der Waals surface area contributed by atoms with Gasteiger partial charge in [-0.2, -0.15) is 0 Å². The van der Waals surface area contributed by atoms with E-state index in [1.54, 1.807) is 6.92 Å². The Morgan fingerprint density at radius 3 is 2.56 bits per heavy atom. The van der Waals surface area contributed by atoms with Gasteiger partial charge in [0.1, 0.15) is 6.17 Å². The maximum atomic E-state index is 13.0. The summed E-state index contributed by atoms with van der Waals surface area (Å²) in [5.74, 6) is -0.701. The maximum absolute atomic E-state index is 13.0. The number of ether oxygens (including phenoxy) is 1.